The van der Waals surface area contributed by atoms with Gasteiger partial charge in [-0.25, -0.2) is 0 Å². The average molecular weight is 281 g/mol. The van der Waals surface area contributed by atoms with Crippen LogP contribution in [-0.4, -0.2) is 17.2 Å². The van der Waals surface area contributed by atoms with Crippen molar-refractivity contribution in [2.75, 3.05) is 17.4 Å². The molecule has 0 aliphatic carbocycles. The number of hydrogen-bond acceptors (Lipinski definition) is 3. The molecular weight excluding hydrogens is 271 g/mol. The van der Waals surface area contributed by atoms with Crippen LogP contribution in [0.3, 0.4) is 0 Å². The van der Waals surface area contributed by atoms with Crippen LogP contribution < -0.4 is 20.5 Å². The van der Waals surface area contributed by atoms with Gasteiger partial charge in [0.15, 0.2) is 28.7 Å². The first kappa shape index (κ1) is 13.2. The second-order valence-electron chi connectivity index (χ2n) is 2.63. The Hall–Kier alpha value is -0.910. The van der Waals surface area contributed by atoms with Crippen LogP contribution in [0.15, 0.2) is 18.2 Å². The van der Waals surface area contributed by atoms with Crippen LogP contribution in [0.5, 0.6) is 11.5 Å². The lowest BCUT2D eigenvalue weighted by molar-refractivity contribution is 0.332. The van der Waals surface area contributed by atoms with Crippen molar-refractivity contribution < 1.29 is 9.47 Å². The maximum Gasteiger partial charge on any atom is 0.186 e. The fourth-order valence-electron chi connectivity index (χ4n) is 1.12. The van der Waals surface area contributed by atoms with Gasteiger partial charge in [-0.2, -0.15) is 0 Å². The summed E-state index contributed by atoms with van der Waals surface area (Å²) in [5, 5.41) is 2.89. The fraction of sp³-hybridized carbons (Fsp3) is 0.222. The largest absolute Gasteiger partial charge is 0.474 e. The van der Waals surface area contributed by atoms with Crippen molar-refractivity contribution in [3.63, 3.8) is 0 Å². The van der Waals surface area contributed by atoms with Crippen LogP contribution in [0.2, 0.25) is 0 Å². The van der Waals surface area contributed by atoms with Crippen molar-refractivity contribution in [3.05, 3.63) is 18.2 Å². The summed E-state index contributed by atoms with van der Waals surface area (Å²) >= 11 is 15.7. The Balaban J connectivity index is 3.04. The molecule has 1 rings (SSSR count). The first-order valence-corrected chi connectivity index (χ1v) is 5.73. The van der Waals surface area contributed by atoms with E-state index in [0.29, 0.717) is 17.2 Å². The summed E-state index contributed by atoms with van der Waals surface area (Å²) in [6, 6.07) is 5.19. The summed E-state index contributed by atoms with van der Waals surface area (Å²) in [4.78, 5) is 0. The molecule has 0 saturated heterocycles. The minimum absolute atomic E-state index is 0.00910. The van der Waals surface area contributed by atoms with E-state index in [1.165, 1.54) is 0 Å². The number of benzene rings is 1. The summed E-state index contributed by atoms with van der Waals surface area (Å²) in [5.74, 6) is 0.892. The molecule has 0 aliphatic rings. The monoisotopic (exact) mass is 280 g/mol. The van der Waals surface area contributed by atoms with Crippen LogP contribution in [-0.2, 0) is 0 Å². The molecule has 4 nitrogen and oxygen atoms in total. The molecule has 0 heterocycles. The molecule has 1 aromatic rings. The zero-order valence-corrected chi connectivity index (χ0v) is 10.5. The standard InChI is InChI=1S/C9H10Cl2N2O2S/c10-4-14-7-3-1-2-6(13-9(12)16)8(7)15-5-11/h1-3H,4-5H2,(H3,12,13,16). The van der Waals surface area contributed by atoms with Gasteiger partial charge >= 0.3 is 0 Å². The van der Waals surface area contributed by atoms with Crippen molar-refractivity contribution in [1.82, 2.24) is 0 Å². The Labute approximate surface area is 109 Å². The number of nitrogens with two attached hydrogens (primary N) is 1. The van der Waals surface area contributed by atoms with Crippen molar-refractivity contribution in [2.24, 2.45) is 5.73 Å². The van der Waals surface area contributed by atoms with Gasteiger partial charge in [0, 0.05) is 0 Å². The predicted molar refractivity (Wildman–Crippen MR) is 69.5 cm³/mol. The number of hydrogen-bond donors (Lipinski definition) is 2. The van der Waals surface area contributed by atoms with Crippen molar-refractivity contribution in [2.45, 2.75) is 0 Å². The molecule has 0 aliphatic heterocycles. The molecule has 0 saturated carbocycles. The quantitative estimate of drug-likeness (QED) is 0.641. The highest BCUT2D eigenvalue weighted by Gasteiger charge is 2.11. The molecule has 7 heteroatoms. The highest BCUT2D eigenvalue weighted by atomic mass is 35.5. The molecule has 0 unspecified atom stereocenters. The number of halogens is 2. The number of para-hydroxylation sites is 1. The zero-order chi connectivity index (χ0) is 12.0. The molecule has 0 aromatic heterocycles. The maximum atomic E-state index is 5.51. The summed E-state index contributed by atoms with van der Waals surface area (Å²) in [6.45, 7) is 0. The molecule has 88 valence electrons. The van der Waals surface area contributed by atoms with E-state index >= 15 is 0 Å². The van der Waals surface area contributed by atoms with Crippen LogP contribution in [0.1, 0.15) is 0 Å². The topological polar surface area (TPSA) is 56.5 Å². The summed E-state index contributed by atoms with van der Waals surface area (Å²) in [6.07, 6.45) is 0. The first-order chi connectivity index (χ1) is 7.69. The molecule has 0 spiro atoms. The van der Waals surface area contributed by atoms with Gasteiger partial charge in [-0.1, -0.05) is 29.3 Å². The molecule has 0 atom stereocenters. The Morgan fingerprint density at radius 1 is 1.31 bits per heavy atom. The minimum Gasteiger partial charge on any atom is -0.474 e. The molecule has 3 N–H and O–H groups in total. The molecule has 1 aromatic carbocycles. The third-order valence-electron chi connectivity index (χ3n) is 1.65. The van der Waals surface area contributed by atoms with Crippen LogP contribution in [0.4, 0.5) is 5.69 Å². The lowest BCUT2D eigenvalue weighted by Crippen LogP contribution is -2.19. The number of rotatable bonds is 5. The first-order valence-electron chi connectivity index (χ1n) is 4.26. The summed E-state index contributed by atoms with van der Waals surface area (Å²) in [5.41, 5.74) is 5.96. The molecule has 0 bridgehead atoms. The van der Waals surface area contributed by atoms with E-state index in [4.69, 9.17) is 50.6 Å². The fourth-order valence-corrected chi connectivity index (χ4v) is 1.46. The Kier molecular flexibility index (Phi) is 5.45. The second kappa shape index (κ2) is 6.62. The number of anilines is 1. The van der Waals surface area contributed by atoms with Gasteiger partial charge < -0.3 is 20.5 Å². The summed E-state index contributed by atoms with van der Waals surface area (Å²) in [7, 11) is 0. The van der Waals surface area contributed by atoms with E-state index in [0.717, 1.165) is 0 Å². The molecule has 16 heavy (non-hydrogen) atoms. The van der Waals surface area contributed by atoms with Gasteiger partial charge in [-0.3, -0.25) is 0 Å². The van der Waals surface area contributed by atoms with Crippen LogP contribution >= 0.6 is 35.4 Å². The lowest BCUT2D eigenvalue weighted by atomic mass is 10.2. The maximum absolute atomic E-state index is 5.51. The normalized spacial score (nSPS) is 9.62. The van der Waals surface area contributed by atoms with E-state index in [1.54, 1.807) is 18.2 Å². The number of thiocarbonyl (C=S) groups is 1. The van der Waals surface area contributed by atoms with Crippen molar-refractivity contribution in [3.8, 4) is 11.5 Å². The highest BCUT2D eigenvalue weighted by Crippen LogP contribution is 2.35. The number of alkyl halides is 2. The third-order valence-corrected chi connectivity index (χ3v) is 1.97. The van der Waals surface area contributed by atoms with Gasteiger partial charge in [0.05, 0.1) is 5.69 Å². The minimum atomic E-state index is -0.0192. The number of nitrogens with one attached hydrogen (secondary N) is 1. The SMILES string of the molecule is NC(=S)Nc1cccc(OCCl)c1OCCl. The molecule has 0 radical (unpaired) electrons. The van der Waals surface area contributed by atoms with Gasteiger partial charge in [-0.15, -0.1) is 0 Å². The molecule has 0 fully saturated rings. The van der Waals surface area contributed by atoms with Crippen LogP contribution in [0, 0.1) is 0 Å². The van der Waals surface area contributed by atoms with E-state index in [2.05, 4.69) is 5.32 Å². The third kappa shape index (κ3) is 3.59. The zero-order valence-electron chi connectivity index (χ0n) is 8.20. The summed E-state index contributed by atoms with van der Waals surface area (Å²) < 4.78 is 10.4. The van der Waals surface area contributed by atoms with E-state index in [1.807, 2.05) is 0 Å². The van der Waals surface area contributed by atoms with E-state index in [9.17, 15) is 0 Å². The van der Waals surface area contributed by atoms with Crippen molar-refractivity contribution in [1.29, 1.82) is 0 Å². The van der Waals surface area contributed by atoms with Gasteiger partial charge in [0.2, 0.25) is 0 Å². The average Bonchev–Trinajstić information content (AvgIpc) is 2.22. The highest BCUT2D eigenvalue weighted by molar-refractivity contribution is 7.80. The Bertz CT molecular complexity index is 377. The van der Waals surface area contributed by atoms with Crippen molar-refractivity contribution >= 4 is 46.2 Å². The second-order valence-corrected chi connectivity index (χ2v) is 3.51. The van der Waals surface area contributed by atoms with E-state index in [-0.39, 0.29) is 17.2 Å². The van der Waals surface area contributed by atoms with E-state index < -0.39 is 0 Å². The smallest absolute Gasteiger partial charge is 0.186 e. The predicted octanol–water partition coefficient (Wildman–Crippen LogP) is 2.49. The van der Waals surface area contributed by atoms with Gasteiger partial charge in [0.1, 0.15) is 0 Å². The van der Waals surface area contributed by atoms with Gasteiger partial charge in [-0.05, 0) is 24.4 Å². The lowest BCUT2D eigenvalue weighted by Gasteiger charge is -2.14. The Morgan fingerprint density at radius 3 is 2.56 bits per heavy atom. The molecular formula is C9H10Cl2N2O2S. The Morgan fingerprint density at radius 2 is 2.00 bits per heavy atom. The number of ether oxygens (including phenoxy) is 2. The van der Waals surface area contributed by atoms with Crippen LogP contribution in [0.25, 0.3) is 0 Å². The molecule has 0 amide bonds. The van der Waals surface area contributed by atoms with Gasteiger partial charge in [0.25, 0.3) is 0 Å².